The van der Waals surface area contributed by atoms with Gasteiger partial charge in [0, 0.05) is 23.8 Å². The van der Waals surface area contributed by atoms with Gasteiger partial charge in [0.25, 0.3) is 5.69 Å². The van der Waals surface area contributed by atoms with Crippen molar-refractivity contribution >= 4 is 17.7 Å². The molecule has 1 aliphatic carbocycles. The van der Waals surface area contributed by atoms with Crippen LogP contribution in [-0.4, -0.2) is 17.0 Å². The van der Waals surface area contributed by atoms with Gasteiger partial charge in [-0.3, -0.25) is 10.1 Å². The van der Waals surface area contributed by atoms with Gasteiger partial charge in [-0.2, -0.15) is 5.26 Å². The van der Waals surface area contributed by atoms with Crippen molar-refractivity contribution in [2.24, 2.45) is 0 Å². The van der Waals surface area contributed by atoms with E-state index in [0.29, 0.717) is 17.1 Å². The number of ether oxygens (including phenoxy) is 1. The Labute approximate surface area is 156 Å². The fraction of sp³-hybridized carbons (Fsp3) is 0.300. The third-order valence-corrected chi connectivity index (χ3v) is 4.42. The third-order valence-electron chi connectivity index (χ3n) is 4.42. The number of carbonyl (C=O) groups is 1. The first-order valence-electron chi connectivity index (χ1n) is 8.74. The number of nitrogens with zero attached hydrogens (tertiary/aromatic N) is 2. The van der Waals surface area contributed by atoms with Crippen LogP contribution in [0.1, 0.15) is 37.9 Å². The molecule has 1 aromatic carbocycles. The molecule has 0 bridgehead atoms. The molecular weight excluding hydrogens is 348 g/mol. The van der Waals surface area contributed by atoms with Crippen molar-refractivity contribution in [3.63, 3.8) is 0 Å². The maximum absolute atomic E-state index is 12.2. The molecule has 1 saturated carbocycles. The largest absolute Gasteiger partial charge is 0.458 e. The first-order chi connectivity index (χ1) is 13.1. The zero-order chi connectivity index (χ0) is 19.2. The lowest BCUT2D eigenvalue weighted by Gasteiger charge is -2.21. The van der Waals surface area contributed by atoms with Crippen molar-refractivity contribution in [2.75, 3.05) is 0 Å². The molecule has 0 saturated heterocycles. The van der Waals surface area contributed by atoms with Gasteiger partial charge in [0.1, 0.15) is 29.3 Å². The SMILES string of the molecule is N#C/C(=C\c1ccc(-c2cccc([N+](=O)[O-])c2)o1)C(=O)OC1CCCCC1. The predicted octanol–water partition coefficient (Wildman–Crippen LogP) is 4.64. The summed E-state index contributed by atoms with van der Waals surface area (Å²) in [5, 5.41) is 20.2. The van der Waals surface area contributed by atoms with E-state index in [9.17, 15) is 20.2 Å². The van der Waals surface area contributed by atoms with Crippen molar-refractivity contribution in [3.8, 4) is 17.4 Å². The summed E-state index contributed by atoms with van der Waals surface area (Å²) in [6, 6.07) is 11.1. The van der Waals surface area contributed by atoms with Crippen LogP contribution in [0.3, 0.4) is 0 Å². The van der Waals surface area contributed by atoms with E-state index in [2.05, 4.69) is 0 Å². The van der Waals surface area contributed by atoms with Crippen molar-refractivity contribution in [2.45, 2.75) is 38.2 Å². The van der Waals surface area contributed by atoms with Crippen LogP contribution >= 0.6 is 0 Å². The Balaban J connectivity index is 1.76. The number of nitriles is 1. The normalized spacial score (nSPS) is 15.1. The van der Waals surface area contributed by atoms with Crippen molar-refractivity contribution in [1.29, 1.82) is 5.26 Å². The van der Waals surface area contributed by atoms with E-state index in [1.54, 1.807) is 24.3 Å². The van der Waals surface area contributed by atoms with Gasteiger partial charge < -0.3 is 9.15 Å². The number of nitro benzene ring substituents is 1. The molecule has 1 aliphatic rings. The van der Waals surface area contributed by atoms with Crippen LogP contribution in [0, 0.1) is 21.4 Å². The highest BCUT2D eigenvalue weighted by molar-refractivity contribution is 5.97. The second-order valence-electron chi connectivity index (χ2n) is 6.34. The maximum atomic E-state index is 12.2. The second kappa shape index (κ2) is 8.32. The average Bonchev–Trinajstić information content (AvgIpc) is 3.15. The molecular formula is C20H18N2O5. The number of esters is 1. The van der Waals surface area contributed by atoms with Crippen LogP contribution in [0.15, 0.2) is 46.4 Å². The lowest BCUT2D eigenvalue weighted by atomic mass is 9.98. The van der Waals surface area contributed by atoms with Crippen molar-refractivity contribution in [1.82, 2.24) is 0 Å². The molecule has 1 aromatic heterocycles. The molecule has 0 N–H and O–H groups in total. The molecule has 2 aromatic rings. The molecule has 1 fully saturated rings. The number of benzene rings is 1. The molecule has 138 valence electrons. The molecule has 0 atom stereocenters. The van der Waals surface area contributed by atoms with Crippen LogP contribution in [-0.2, 0) is 9.53 Å². The second-order valence-corrected chi connectivity index (χ2v) is 6.34. The highest BCUT2D eigenvalue weighted by Crippen LogP contribution is 2.27. The molecule has 0 spiro atoms. The Morgan fingerprint density at radius 2 is 2.04 bits per heavy atom. The number of rotatable bonds is 5. The van der Waals surface area contributed by atoms with Crippen LogP contribution < -0.4 is 0 Å². The van der Waals surface area contributed by atoms with Gasteiger partial charge in [-0.25, -0.2) is 4.79 Å². The summed E-state index contributed by atoms with van der Waals surface area (Å²) in [5.74, 6) is 0.0502. The van der Waals surface area contributed by atoms with Gasteiger partial charge in [-0.1, -0.05) is 18.6 Å². The summed E-state index contributed by atoms with van der Waals surface area (Å²) in [6.45, 7) is 0. The summed E-state index contributed by atoms with van der Waals surface area (Å²) < 4.78 is 11.0. The minimum absolute atomic E-state index is 0.0465. The Hall–Kier alpha value is -3.40. The smallest absolute Gasteiger partial charge is 0.349 e. The molecule has 7 heteroatoms. The van der Waals surface area contributed by atoms with E-state index in [1.807, 2.05) is 6.07 Å². The summed E-state index contributed by atoms with van der Waals surface area (Å²) in [5.41, 5.74) is 0.349. The van der Waals surface area contributed by atoms with Gasteiger partial charge in [0.15, 0.2) is 0 Å². The lowest BCUT2D eigenvalue weighted by Crippen LogP contribution is -2.21. The third kappa shape index (κ3) is 4.61. The summed E-state index contributed by atoms with van der Waals surface area (Å²) in [4.78, 5) is 22.6. The van der Waals surface area contributed by atoms with Crippen LogP contribution in [0.25, 0.3) is 17.4 Å². The maximum Gasteiger partial charge on any atom is 0.349 e. The standard InChI is InChI=1S/C20H18N2O5/c21-13-15(20(23)27-17-7-2-1-3-8-17)12-18-9-10-19(26-18)14-5-4-6-16(11-14)22(24)25/h4-6,9-12,17H,1-3,7-8H2/b15-12+. The number of furan rings is 1. The highest BCUT2D eigenvalue weighted by Gasteiger charge is 2.20. The van der Waals surface area contributed by atoms with Crippen molar-refractivity contribution in [3.05, 3.63) is 57.8 Å². The zero-order valence-electron chi connectivity index (χ0n) is 14.6. The van der Waals surface area contributed by atoms with E-state index >= 15 is 0 Å². The molecule has 0 unspecified atom stereocenters. The highest BCUT2D eigenvalue weighted by atomic mass is 16.6. The first-order valence-corrected chi connectivity index (χ1v) is 8.74. The molecule has 7 nitrogen and oxygen atoms in total. The van der Waals surface area contributed by atoms with Gasteiger partial charge in [-0.15, -0.1) is 0 Å². The molecule has 27 heavy (non-hydrogen) atoms. The lowest BCUT2D eigenvalue weighted by molar-refractivity contribution is -0.384. The molecule has 3 rings (SSSR count). The van der Waals surface area contributed by atoms with Crippen molar-refractivity contribution < 1.29 is 18.9 Å². The van der Waals surface area contributed by atoms with E-state index < -0.39 is 10.9 Å². The minimum atomic E-state index is -0.655. The number of hydrogen-bond donors (Lipinski definition) is 0. The van der Waals surface area contributed by atoms with Gasteiger partial charge in [-0.05, 0) is 37.8 Å². The van der Waals surface area contributed by atoms with Crippen LogP contribution in [0.4, 0.5) is 5.69 Å². The number of nitro groups is 1. The Morgan fingerprint density at radius 1 is 1.26 bits per heavy atom. The minimum Gasteiger partial charge on any atom is -0.458 e. The topological polar surface area (TPSA) is 106 Å². The molecule has 0 amide bonds. The van der Waals surface area contributed by atoms with Gasteiger partial charge in [0.05, 0.1) is 4.92 Å². The van der Waals surface area contributed by atoms with E-state index in [-0.39, 0.29) is 17.4 Å². The zero-order valence-corrected chi connectivity index (χ0v) is 14.6. The van der Waals surface area contributed by atoms with Crippen LogP contribution in [0.5, 0.6) is 0 Å². The quantitative estimate of drug-likeness (QED) is 0.251. The summed E-state index contributed by atoms with van der Waals surface area (Å²) in [6.07, 6.45) is 6.01. The average molecular weight is 366 g/mol. The monoisotopic (exact) mass is 366 g/mol. The van der Waals surface area contributed by atoms with E-state index in [0.717, 1.165) is 32.1 Å². The summed E-state index contributed by atoms with van der Waals surface area (Å²) >= 11 is 0. The van der Waals surface area contributed by atoms with Gasteiger partial charge >= 0.3 is 5.97 Å². The van der Waals surface area contributed by atoms with E-state index in [4.69, 9.17) is 9.15 Å². The molecule has 0 radical (unpaired) electrons. The Bertz CT molecular complexity index is 916. The number of non-ortho nitro benzene ring substituents is 1. The summed E-state index contributed by atoms with van der Waals surface area (Å²) in [7, 11) is 0. The van der Waals surface area contributed by atoms with Gasteiger partial charge in [0.2, 0.25) is 0 Å². The predicted molar refractivity (Wildman–Crippen MR) is 97.4 cm³/mol. The molecule has 1 heterocycles. The Kier molecular flexibility index (Phi) is 5.67. The molecule has 0 aliphatic heterocycles. The fourth-order valence-corrected chi connectivity index (χ4v) is 3.04. The number of hydrogen-bond acceptors (Lipinski definition) is 6. The van der Waals surface area contributed by atoms with E-state index in [1.165, 1.54) is 18.2 Å². The Morgan fingerprint density at radius 3 is 2.74 bits per heavy atom. The number of carbonyl (C=O) groups excluding carboxylic acids is 1. The first kappa shape index (κ1) is 18.4. The van der Waals surface area contributed by atoms with Crippen LogP contribution in [0.2, 0.25) is 0 Å². The fourth-order valence-electron chi connectivity index (χ4n) is 3.04.